The first kappa shape index (κ1) is 14.0. The molecule has 1 aliphatic carbocycles. The molecule has 1 aliphatic heterocycles. The van der Waals surface area contributed by atoms with Gasteiger partial charge in [-0.2, -0.15) is 5.26 Å². The summed E-state index contributed by atoms with van der Waals surface area (Å²) in [6.45, 7) is 0.992. The average Bonchev–Trinajstić information content (AvgIpc) is 3.28. The zero-order valence-electron chi connectivity index (χ0n) is 11.4. The molecule has 0 bridgehead atoms. The van der Waals surface area contributed by atoms with E-state index in [1.807, 2.05) is 0 Å². The fraction of sp³-hybridized carbons (Fsp3) is 0.467. The molecule has 0 amide bonds. The molecule has 0 saturated heterocycles. The SMILES string of the molecule is N#CC1(CCOC(=O)c2ccc(Cl)c3c2OCCO3)CC1. The van der Waals surface area contributed by atoms with E-state index in [1.165, 1.54) is 0 Å². The van der Waals surface area contributed by atoms with Crippen LogP contribution in [-0.4, -0.2) is 25.8 Å². The van der Waals surface area contributed by atoms with Crippen LogP contribution in [-0.2, 0) is 4.74 Å². The quantitative estimate of drug-likeness (QED) is 0.800. The van der Waals surface area contributed by atoms with E-state index in [9.17, 15) is 4.79 Å². The molecule has 21 heavy (non-hydrogen) atoms. The number of esters is 1. The normalized spacial score (nSPS) is 17.7. The zero-order valence-corrected chi connectivity index (χ0v) is 12.1. The molecule has 1 fully saturated rings. The van der Waals surface area contributed by atoms with E-state index >= 15 is 0 Å². The second-order valence-electron chi connectivity index (χ2n) is 5.23. The Hall–Kier alpha value is -1.93. The van der Waals surface area contributed by atoms with Crippen molar-refractivity contribution >= 4 is 17.6 Å². The summed E-state index contributed by atoms with van der Waals surface area (Å²) in [5.41, 5.74) is 0.0233. The lowest BCUT2D eigenvalue weighted by molar-refractivity contribution is 0.0477. The number of nitrogens with zero attached hydrogens (tertiary/aromatic N) is 1. The maximum Gasteiger partial charge on any atom is 0.342 e. The lowest BCUT2D eigenvalue weighted by Crippen LogP contribution is -2.19. The molecule has 1 saturated carbocycles. The maximum atomic E-state index is 12.1. The van der Waals surface area contributed by atoms with Crippen LogP contribution >= 0.6 is 11.6 Å². The van der Waals surface area contributed by atoms with Gasteiger partial charge in [0.1, 0.15) is 18.8 Å². The zero-order chi connectivity index (χ0) is 14.9. The minimum Gasteiger partial charge on any atom is -0.485 e. The number of halogens is 1. The predicted molar refractivity (Wildman–Crippen MR) is 74.6 cm³/mol. The molecule has 1 aromatic carbocycles. The molecule has 0 aromatic heterocycles. The Bertz CT molecular complexity index is 619. The number of fused-ring (bicyclic) bond motifs is 1. The fourth-order valence-electron chi connectivity index (χ4n) is 2.25. The number of hydrogen-bond acceptors (Lipinski definition) is 5. The van der Waals surface area contributed by atoms with Gasteiger partial charge in [-0.1, -0.05) is 11.6 Å². The highest BCUT2D eigenvalue weighted by Crippen LogP contribution is 2.48. The molecule has 3 rings (SSSR count). The Morgan fingerprint density at radius 2 is 2.05 bits per heavy atom. The smallest absolute Gasteiger partial charge is 0.342 e. The molecule has 1 heterocycles. The van der Waals surface area contributed by atoms with E-state index < -0.39 is 5.97 Å². The molecule has 110 valence electrons. The van der Waals surface area contributed by atoms with Crippen molar-refractivity contribution in [2.24, 2.45) is 5.41 Å². The molecule has 0 unspecified atom stereocenters. The minimum absolute atomic E-state index is 0.227. The minimum atomic E-state index is -0.484. The molecule has 1 aromatic rings. The van der Waals surface area contributed by atoms with E-state index in [1.54, 1.807) is 12.1 Å². The monoisotopic (exact) mass is 307 g/mol. The van der Waals surface area contributed by atoms with Crippen LogP contribution in [0.4, 0.5) is 0 Å². The number of ether oxygens (including phenoxy) is 3. The molecule has 0 spiro atoms. The van der Waals surface area contributed by atoms with Crippen molar-refractivity contribution in [3.05, 3.63) is 22.7 Å². The van der Waals surface area contributed by atoms with E-state index in [2.05, 4.69) is 6.07 Å². The molecule has 0 atom stereocenters. The summed E-state index contributed by atoms with van der Waals surface area (Å²) in [7, 11) is 0. The van der Waals surface area contributed by atoms with Gasteiger partial charge in [-0.3, -0.25) is 0 Å². The molecule has 2 aliphatic rings. The van der Waals surface area contributed by atoms with E-state index in [4.69, 9.17) is 31.1 Å². The van der Waals surface area contributed by atoms with Crippen LogP contribution in [0.15, 0.2) is 12.1 Å². The third-order valence-electron chi connectivity index (χ3n) is 3.76. The number of hydrogen-bond donors (Lipinski definition) is 0. The van der Waals surface area contributed by atoms with Gasteiger partial charge in [-0.15, -0.1) is 0 Å². The van der Waals surface area contributed by atoms with Gasteiger partial charge >= 0.3 is 5.97 Å². The maximum absolute atomic E-state index is 12.1. The summed E-state index contributed by atoms with van der Waals surface area (Å²) >= 11 is 6.02. The van der Waals surface area contributed by atoms with Crippen LogP contribution in [0.2, 0.25) is 5.02 Å². The number of carbonyl (C=O) groups excluding carboxylic acids is 1. The molecular weight excluding hydrogens is 294 g/mol. The van der Waals surface area contributed by atoms with Crippen LogP contribution in [0.5, 0.6) is 11.5 Å². The first-order valence-corrected chi connectivity index (χ1v) is 7.19. The van der Waals surface area contributed by atoms with Crippen molar-refractivity contribution in [1.82, 2.24) is 0 Å². The van der Waals surface area contributed by atoms with Crippen LogP contribution in [0.25, 0.3) is 0 Å². The third kappa shape index (κ3) is 2.77. The van der Waals surface area contributed by atoms with Gasteiger partial charge in [0.15, 0.2) is 11.5 Å². The van der Waals surface area contributed by atoms with Crippen molar-refractivity contribution in [1.29, 1.82) is 5.26 Å². The summed E-state index contributed by atoms with van der Waals surface area (Å²) in [5, 5.41) is 9.39. The topological polar surface area (TPSA) is 68.5 Å². The van der Waals surface area contributed by atoms with Crippen LogP contribution in [0.1, 0.15) is 29.6 Å². The van der Waals surface area contributed by atoms with E-state index in [-0.39, 0.29) is 12.0 Å². The fourth-order valence-corrected chi connectivity index (χ4v) is 2.45. The van der Waals surface area contributed by atoms with E-state index in [0.717, 1.165) is 12.8 Å². The first-order chi connectivity index (χ1) is 10.2. The van der Waals surface area contributed by atoms with Crippen LogP contribution in [0, 0.1) is 16.7 Å². The lowest BCUT2D eigenvalue weighted by Gasteiger charge is -2.21. The van der Waals surface area contributed by atoms with Crippen molar-refractivity contribution in [3.63, 3.8) is 0 Å². The number of benzene rings is 1. The largest absolute Gasteiger partial charge is 0.485 e. The van der Waals surface area contributed by atoms with Crippen molar-refractivity contribution < 1.29 is 19.0 Å². The Labute approximate surface area is 127 Å². The van der Waals surface area contributed by atoms with Crippen LogP contribution < -0.4 is 9.47 Å². The second kappa shape index (κ2) is 5.45. The Balaban J connectivity index is 1.69. The van der Waals surface area contributed by atoms with Crippen LogP contribution in [0.3, 0.4) is 0 Å². The first-order valence-electron chi connectivity index (χ1n) is 6.82. The highest BCUT2D eigenvalue weighted by Gasteiger charge is 2.42. The van der Waals surface area contributed by atoms with Gasteiger partial charge in [0.2, 0.25) is 0 Å². The Kier molecular flexibility index (Phi) is 3.64. The Morgan fingerprint density at radius 3 is 2.71 bits per heavy atom. The van der Waals surface area contributed by atoms with Gasteiger partial charge in [-0.05, 0) is 25.0 Å². The average molecular weight is 308 g/mol. The number of rotatable bonds is 4. The number of nitriles is 1. The third-order valence-corrected chi connectivity index (χ3v) is 4.06. The van der Waals surface area contributed by atoms with Gasteiger partial charge in [0.25, 0.3) is 0 Å². The summed E-state index contributed by atoms with van der Waals surface area (Å²) < 4.78 is 16.1. The van der Waals surface area contributed by atoms with Gasteiger partial charge in [0, 0.05) is 6.42 Å². The van der Waals surface area contributed by atoms with Crippen molar-refractivity contribution in [3.8, 4) is 17.6 Å². The number of carbonyl (C=O) groups is 1. The van der Waals surface area contributed by atoms with Gasteiger partial charge in [0.05, 0.1) is 23.1 Å². The van der Waals surface area contributed by atoms with E-state index in [0.29, 0.717) is 41.7 Å². The lowest BCUT2D eigenvalue weighted by atomic mass is 10.1. The second-order valence-corrected chi connectivity index (χ2v) is 5.64. The van der Waals surface area contributed by atoms with Gasteiger partial charge < -0.3 is 14.2 Å². The molecule has 6 heteroatoms. The standard InChI is InChI=1S/C15H14ClNO4/c16-11-2-1-10(12-13(11)20-8-7-19-12)14(18)21-6-5-15(9-17)3-4-15/h1-2H,3-8H2. The van der Waals surface area contributed by atoms with Gasteiger partial charge in [-0.25, -0.2) is 4.79 Å². The molecule has 5 nitrogen and oxygen atoms in total. The van der Waals surface area contributed by atoms with Crippen molar-refractivity contribution in [2.45, 2.75) is 19.3 Å². The molecule has 0 N–H and O–H groups in total. The van der Waals surface area contributed by atoms with Crippen molar-refractivity contribution in [2.75, 3.05) is 19.8 Å². The summed E-state index contributed by atoms with van der Waals surface area (Å²) in [6.07, 6.45) is 2.34. The summed E-state index contributed by atoms with van der Waals surface area (Å²) in [4.78, 5) is 12.1. The molecule has 0 radical (unpaired) electrons. The highest BCUT2D eigenvalue weighted by molar-refractivity contribution is 6.32. The summed E-state index contributed by atoms with van der Waals surface area (Å²) in [6, 6.07) is 5.42. The highest BCUT2D eigenvalue weighted by atomic mass is 35.5. The predicted octanol–water partition coefficient (Wildman–Crippen LogP) is 2.96. The molecular formula is C15H14ClNO4. The summed E-state index contributed by atoms with van der Waals surface area (Å²) in [5.74, 6) is 0.232. The Morgan fingerprint density at radius 1 is 1.33 bits per heavy atom.